The topological polar surface area (TPSA) is 75.3 Å². The first kappa shape index (κ1) is 20.6. The van der Waals surface area contributed by atoms with Crippen LogP contribution in [0, 0.1) is 6.92 Å². The molecule has 8 heteroatoms. The molecule has 0 aliphatic heterocycles. The lowest BCUT2D eigenvalue weighted by atomic mass is 10.1. The van der Waals surface area contributed by atoms with Crippen LogP contribution in [0.3, 0.4) is 0 Å². The second-order valence-electron chi connectivity index (χ2n) is 5.80. The molecule has 2 rings (SSSR count). The Morgan fingerprint density at radius 1 is 1.19 bits per heavy atom. The zero-order chi connectivity index (χ0) is 19.2. The number of amides is 1. The Balaban J connectivity index is 1.86. The molecular formula is C18H21ClN2O3S2. The Morgan fingerprint density at radius 3 is 2.62 bits per heavy atom. The molecule has 0 aromatic heterocycles. The number of carbonyl (C=O) groups is 1. The van der Waals surface area contributed by atoms with Gasteiger partial charge in [-0.05, 0) is 36.2 Å². The van der Waals surface area contributed by atoms with Gasteiger partial charge in [0.1, 0.15) is 0 Å². The van der Waals surface area contributed by atoms with Crippen molar-refractivity contribution >= 4 is 45.0 Å². The Labute approximate surface area is 163 Å². The van der Waals surface area contributed by atoms with E-state index in [0.717, 1.165) is 17.8 Å². The first-order chi connectivity index (χ1) is 12.3. The molecule has 0 spiro atoms. The molecule has 0 unspecified atom stereocenters. The van der Waals surface area contributed by atoms with E-state index < -0.39 is 10.0 Å². The van der Waals surface area contributed by atoms with Crippen LogP contribution in [0.5, 0.6) is 0 Å². The van der Waals surface area contributed by atoms with E-state index in [1.54, 1.807) is 11.8 Å². The molecule has 2 aromatic rings. The van der Waals surface area contributed by atoms with E-state index in [9.17, 15) is 13.2 Å². The molecule has 0 atom stereocenters. The van der Waals surface area contributed by atoms with Gasteiger partial charge in [0.2, 0.25) is 10.0 Å². The third kappa shape index (κ3) is 6.55. The normalized spacial score (nSPS) is 11.2. The van der Waals surface area contributed by atoms with Crippen molar-refractivity contribution in [2.75, 3.05) is 23.3 Å². The van der Waals surface area contributed by atoms with Crippen LogP contribution in [0.2, 0.25) is 5.02 Å². The highest BCUT2D eigenvalue weighted by atomic mass is 35.5. The largest absolute Gasteiger partial charge is 0.351 e. The number of halogens is 1. The number of thioether (sulfide) groups is 1. The highest BCUT2D eigenvalue weighted by Crippen LogP contribution is 2.21. The summed E-state index contributed by atoms with van der Waals surface area (Å²) in [5.41, 5.74) is 3.08. The van der Waals surface area contributed by atoms with Gasteiger partial charge >= 0.3 is 0 Å². The number of benzene rings is 2. The van der Waals surface area contributed by atoms with Gasteiger partial charge in [0.25, 0.3) is 5.91 Å². The molecule has 140 valence electrons. The monoisotopic (exact) mass is 412 g/mol. The average Bonchev–Trinajstić information content (AvgIpc) is 2.56. The van der Waals surface area contributed by atoms with Crippen LogP contribution in [0.15, 0.2) is 42.5 Å². The van der Waals surface area contributed by atoms with Gasteiger partial charge in [0, 0.05) is 23.7 Å². The lowest BCUT2D eigenvalue weighted by molar-refractivity contribution is 0.0956. The third-order valence-corrected chi connectivity index (χ3v) is 5.51. The van der Waals surface area contributed by atoms with Crippen LogP contribution < -0.4 is 10.0 Å². The number of aryl methyl sites for hydroxylation is 1. The van der Waals surface area contributed by atoms with Crippen LogP contribution in [-0.2, 0) is 15.8 Å². The number of hydrogen-bond acceptors (Lipinski definition) is 4. The minimum Gasteiger partial charge on any atom is -0.351 e. The Kier molecular flexibility index (Phi) is 7.37. The molecule has 0 bridgehead atoms. The maximum atomic E-state index is 12.3. The van der Waals surface area contributed by atoms with Crippen molar-refractivity contribution < 1.29 is 13.2 Å². The van der Waals surface area contributed by atoms with Crippen LogP contribution in [0.4, 0.5) is 5.69 Å². The molecular weight excluding hydrogens is 392 g/mol. The van der Waals surface area contributed by atoms with Gasteiger partial charge in [-0.25, -0.2) is 8.42 Å². The molecule has 5 nitrogen and oxygen atoms in total. The summed E-state index contributed by atoms with van der Waals surface area (Å²) in [7, 11) is -3.41. The standard InChI is InChI=1S/C18H21ClN2O3S2/c1-13-5-3-4-6-14(13)12-25-10-9-20-18(22)16-11-15(7-8-17(16)19)21-26(2,23)24/h3-8,11,21H,9-10,12H2,1-2H3,(H,20,22). The summed E-state index contributed by atoms with van der Waals surface area (Å²) < 4.78 is 24.9. The molecule has 0 aliphatic rings. The van der Waals surface area contributed by atoms with Crippen molar-refractivity contribution in [2.24, 2.45) is 0 Å². The molecule has 1 amide bonds. The van der Waals surface area contributed by atoms with Gasteiger partial charge in [-0.15, -0.1) is 0 Å². The van der Waals surface area contributed by atoms with Gasteiger partial charge < -0.3 is 5.32 Å². The maximum absolute atomic E-state index is 12.3. The first-order valence-corrected chi connectivity index (χ1v) is 11.4. The number of nitrogens with one attached hydrogen (secondary N) is 2. The number of hydrogen-bond donors (Lipinski definition) is 2. The van der Waals surface area contributed by atoms with E-state index in [-0.39, 0.29) is 16.5 Å². The molecule has 0 saturated heterocycles. The molecule has 2 N–H and O–H groups in total. The van der Waals surface area contributed by atoms with Crippen molar-refractivity contribution in [3.05, 3.63) is 64.2 Å². The third-order valence-electron chi connectivity index (χ3n) is 3.57. The van der Waals surface area contributed by atoms with Gasteiger partial charge in [-0.2, -0.15) is 11.8 Å². The van der Waals surface area contributed by atoms with E-state index in [1.807, 2.05) is 12.1 Å². The van der Waals surface area contributed by atoms with E-state index in [0.29, 0.717) is 12.2 Å². The molecule has 0 heterocycles. The van der Waals surface area contributed by atoms with Crippen molar-refractivity contribution in [3.8, 4) is 0 Å². The number of rotatable bonds is 8. The maximum Gasteiger partial charge on any atom is 0.252 e. The predicted molar refractivity (Wildman–Crippen MR) is 110 cm³/mol. The quantitative estimate of drug-likeness (QED) is 0.648. The zero-order valence-electron chi connectivity index (χ0n) is 14.6. The van der Waals surface area contributed by atoms with Crippen molar-refractivity contribution in [3.63, 3.8) is 0 Å². The first-order valence-electron chi connectivity index (χ1n) is 7.94. The highest BCUT2D eigenvalue weighted by molar-refractivity contribution is 7.98. The van der Waals surface area contributed by atoms with Crippen molar-refractivity contribution in [1.29, 1.82) is 0 Å². The summed E-state index contributed by atoms with van der Waals surface area (Å²) in [4.78, 5) is 12.3. The average molecular weight is 413 g/mol. The van der Waals surface area contributed by atoms with Crippen LogP contribution >= 0.6 is 23.4 Å². The summed E-state index contributed by atoms with van der Waals surface area (Å²) in [6.45, 7) is 2.58. The Hall–Kier alpha value is -1.70. The van der Waals surface area contributed by atoms with Crippen LogP contribution in [0.25, 0.3) is 0 Å². The molecule has 0 fully saturated rings. The second kappa shape index (κ2) is 9.30. The number of anilines is 1. The summed E-state index contributed by atoms with van der Waals surface area (Å²) >= 11 is 7.79. The van der Waals surface area contributed by atoms with E-state index in [2.05, 4.69) is 29.1 Å². The fourth-order valence-electron chi connectivity index (χ4n) is 2.26. The zero-order valence-corrected chi connectivity index (χ0v) is 17.0. The lowest BCUT2D eigenvalue weighted by Gasteiger charge is -2.10. The minimum atomic E-state index is -3.41. The Morgan fingerprint density at radius 2 is 1.92 bits per heavy atom. The van der Waals surface area contributed by atoms with Crippen LogP contribution in [-0.4, -0.2) is 32.9 Å². The minimum absolute atomic E-state index is 0.240. The summed E-state index contributed by atoms with van der Waals surface area (Å²) in [5.74, 6) is 1.32. The second-order valence-corrected chi connectivity index (χ2v) is 9.06. The van der Waals surface area contributed by atoms with Gasteiger partial charge in [0.15, 0.2) is 0 Å². The molecule has 0 radical (unpaired) electrons. The van der Waals surface area contributed by atoms with E-state index in [4.69, 9.17) is 11.6 Å². The molecule has 26 heavy (non-hydrogen) atoms. The predicted octanol–water partition coefficient (Wildman–Crippen LogP) is 3.68. The van der Waals surface area contributed by atoms with Gasteiger partial charge in [-0.3, -0.25) is 9.52 Å². The molecule has 0 aliphatic carbocycles. The lowest BCUT2D eigenvalue weighted by Crippen LogP contribution is -2.26. The van der Waals surface area contributed by atoms with Crippen LogP contribution in [0.1, 0.15) is 21.5 Å². The Bertz CT molecular complexity index is 886. The van der Waals surface area contributed by atoms with Crippen molar-refractivity contribution in [1.82, 2.24) is 5.32 Å². The van der Waals surface area contributed by atoms with Crippen molar-refractivity contribution in [2.45, 2.75) is 12.7 Å². The fourth-order valence-corrected chi connectivity index (χ4v) is 3.96. The van der Waals surface area contributed by atoms with Gasteiger partial charge in [-0.1, -0.05) is 35.9 Å². The highest BCUT2D eigenvalue weighted by Gasteiger charge is 2.12. The smallest absolute Gasteiger partial charge is 0.252 e. The summed E-state index contributed by atoms with van der Waals surface area (Å²) in [6, 6.07) is 12.6. The number of sulfonamides is 1. The SMILES string of the molecule is Cc1ccccc1CSCCNC(=O)c1cc(NS(C)(=O)=O)ccc1Cl. The fraction of sp³-hybridized carbons (Fsp3) is 0.278. The number of carbonyl (C=O) groups excluding carboxylic acids is 1. The van der Waals surface area contributed by atoms with E-state index in [1.165, 1.54) is 29.3 Å². The van der Waals surface area contributed by atoms with E-state index >= 15 is 0 Å². The summed E-state index contributed by atoms with van der Waals surface area (Å²) in [5, 5.41) is 3.08. The summed E-state index contributed by atoms with van der Waals surface area (Å²) in [6.07, 6.45) is 1.05. The molecule has 0 saturated carbocycles. The molecule has 2 aromatic carbocycles. The van der Waals surface area contributed by atoms with Gasteiger partial charge in [0.05, 0.1) is 16.8 Å².